The van der Waals surface area contributed by atoms with Crippen molar-refractivity contribution in [3.05, 3.63) is 35.4 Å². The molecule has 1 aliphatic rings. The number of carbonyl (C=O) groups is 3. The molecule has 0 fully saturated rings. The predicted molar refractivity (Wildman–Crippen MR) is 154 cm³/mol. The van der Waals surface area contributed by atoms with E-state index in [0.29, 0.717) is 19.4 Å². The van der Waals surface area contributed by atoms with Gasteiger partial charge in [0, 0.05) is 19.4 Å². The monoisotopic (exact) mass is 540 g/mol. The summed E-state index contributed by atoms with van der Waals surface area (Å²) in [6.45, 7) is 2.32. The molecular formula is C32H48N2O5. The van der Waals surface area contributed by atoms with E-state index in [0.717, 1.165) is 31.2 Å². The van der Waals surface area contributed by atoms with E-state index in [1.807, 2.05) is 18.2 Å². The van der Waals surface area contributed by atoms with Crippen LogP contribution < -0.4 is 5.32 Å². The fourth-order valence-electron chi connectivity index (χ4n) is 5.06. The Hall–Kier alpha value is -3.01. The van der Waals surface area contributed by atoms with Crippen molar-refractivity contribution in [1.29, 1.82) is 0 Å². The Labute approximate surface area is 235 Å². The molecule has 2 rings (SSSR count). The highest BCUT2D eigenvalue weighted by Gasteiger charge is 2.31. The van der Waals surface area contributed by atoms with Crippen LogP contribution in [0.4, 0.5) is 4.79 Å². The minimum atomic E-state index is -0.600. The number of nitrogens with one attached hydrogen (secondary N) is 1. The van der Waals surface area contributed by atoms with Gasteiger partial charge in [0.1, 0.15) is 0 Å². The molecule has 0 saturated carbocycles. The molecule has 0 spiro atoms. The summed E-state index contributed by atoms with van der Waals surface area (Å²) in [5.41, 5.74) is 2.28. The predicted octanol–water partition coefficient (Wildman–Crippen LogP) is 6.84. The molecule has 39 heavy (non-hydrogen) atoms. The van der Waals surface area contributed by atoms with E-state index in [9.17, 15) is 14.4 Å². The molecule has 1 atom stereocenters. The number of esters is 1. The van der Waals surface area contributed by atoms with Crippen LogP contribution in [0.1, 0.15) is 120 Å². The maximum absolute atomic E-state index is 12.6. The van der Waals surface area contributed by atoms with Crippen molar-refractivity contribution in [2.75, 3.05) is 19.9 Å². The molecule has 7 nitrogen and oxygen atoms in total. The third-order valence-corrected chi connectivity index (χ3v) is 7.26. The number of unbranched alkanes of at least 4 members (excludes halogenated alkanes) is 10. The van der Waals surface area contributed by atoms with Crippen LogP contribution in [0.3, 0.4) is 0 Å². The van der Waals surface area contributed by atoms with Crippen molar-refractivity contribution in [1.82, 2.24) is 10.2 Å². The largest absolute Gasteiger partial charge is 0.428 e. The Kier molecular flexibility index (Phi) is 16.5. The summed E-state index contributed by atoms with van der Waals surface area (Å²) in [6.07, 6.45) is 21.4. The lowest BCUT2D eigenvalue weighted by Gasteiger charge is -2.27. The third kappa shape index (κ3) is 13.1. The zero-order valence-electron chi connectivity index (χ0n) is 23.9. The van der Waals surface area contributed by atoms with E-state index >= 15 is 0 Å². The number of benzene rings is 1. The standard InChI is InChI=1S/C32H48N2O5/c1-3-5-6-7-8-9-10-11-12-13-14-20-30(35)33-24-17-21-31(36)38-26-39-32(37)34(25-4-2)29-23-22-27-18-15-16-19-28(27)29/h2,15-16,18-19,29H,3,5-14,17,20-26H2,1H3,(H,33,35)/t29-/m1/s1. The summed E-state index contributed by atoms with van der Waals surface area (Å²) in [4.78, 5) is 38.1. The number of rotatable bonds is 20. The van der Waals surface area contributed by atoms with E-state index in [1.165, 1.54) is 68.3 Å². The second kappa shape index (κ2) is 20.0. The third-order valence-electron chi connectivity index (χ3n) is 7.26. The van der Waals surface area contributed by atoms with E-state index in [1.54, 1.807) is 0 Å². The van der Waals surface area contributed by atoms with Gasteiger partial charge in [-0.25, -0.2) is 4.79 Å². The zero-order valence-corrected chi connectivity index (χ0v) is 23.9. The minimum absolute atomic E-state index is 0.0234. The lowest BCUT2D eigenvalue weighted by atomic mass is 10.1. The zero-order chi connectivity index (χ0) is 28.1. The fourth-order valence-corrected chi connectivity index (χ4v) is 5.06. The highest BCUT2D eigenvalue weighted by Crippen LogP contribution is 2.35. The van der Waals surface area contributed by atoms with Gasteiger partial charge in [0.2, 0.25) is 12.7 Å². The Morgan fingerprint density at radius 1 is 0.923 bits per heavy atom. The molecule has 0 unspecified atom stereocenters. The van der Waals surface area contributed by atoms with E-state index < -0.39 is 18.9 Å². The van der Waals surface area contributed by atoms with Gasteiger partial charge in [0.25, 0.3) is 0 Å². The molecule has 0 heterocycles. The first kappa shape index (κ1) is 32.2. The first-order chi connectivity index (χ1) is 19.1. The number of hydrogen-bond acceptors (Lipinski definition) is 5. The number of nitrogens with zero attached hydrogens (tertiary/aromatic N) is 1. The number of hydrogen-bond donors (Lipinski definition) is 1. The number of ether oxygens (including phenoxy) is 2. The smallest absolute Gasteiger partial charge is 0.413 e. The average Bonchev–Trinajstić information content (AvgIpc) is 3.36. The molecule has 0 aliphatic heterocycles. The van der Waals surface area contributed by atoms with E-state index in [2.05, 4.69) is 24.2 Å². The number of aryl methyl sites for hydroxylation is 1. The van der Waals surface area contributed by atoms with Crippen molar-refractivity contribution >= 4 is 18.0 Å². The number of amides is 2. The Morgan fingerprint density at radius 3 is 2.28 bits per heavy atom. The van der Waals surface area contributed by atoms with Crippen molar-refractivity contribution in [2.45, 2.75) is 116 Å². The summed E-state index contributed by atoms with van der Waals surface area (Å²) >= 11 is 0. The molecule has 0 saturated heterocycles. The molecule has 1 aromatic carbocycles. The highest BCUT2D eigenvalue weighted by molar-refractivity contribution is 5.76. The summed E-state index contributed by atoms with van der Waals surface area (Å²) in [7, 11) is 0. The van der Waals surface area contributed by atoms with Crippen LogP contribution in [0, 0.1) is 12.3 Å². The molecule has 7 heteroatoms. The SMILES string of the molecule is C#CCN(C(=O)OCOC(=O)CCCNC(=O)CCCCCCCCCCCCC)[C@@H]1CCc2ccccc21. The molecule has 216 valence electrons. The normalized spacial score (nSPS) is 13.8. The second-order valence-corrected chi connectivity index (χ2v) is 10.4. The number of fused-ring (bicyclic) bond motifs is 1. The topological polar surface area (TPSA) is 84.9 Å². The van der Waals surface area contributed by atoms with E-state index in [-0.39, 0.29) is 24.9 Å². The maximum atomic E-state index is 12.6. The molecule has 1 aliphatic carbocycles. The second-order valence-electron chi connectivity index (χ2n) is 10.4. The Balaban J connectivity index is 1.48. The van der Waals surface area contributed by atoms with Crippen LogP contribution in [0.25, 0.3) is 0 Å². The number of carbonyl (C=O) groups excluding carboxylic acids is 3. The molecule has 0 bridgehead atoms. The van der Waals surface area contributed by atoms with Crippen LogP contribution in [-0.2, 0) is 25.5 Å². The molecule has 0 radical (unpaired) electrons. The molecule has 1 N–H and O–H groups in total. The van der Waals surface area contributed by atoms with Gasteiger partial charge in [-0.05, 0) is 36.8 Å². The van der Waals surface area contributed by atoms with Crippen molar-refractivity contribution in [3.8, 4) is 12.3 Å². The van der Waals surface area contributed by atoms with E-state index in [4.69, 9.17) is 15.9 Å². The van der Waals surface area contributed by atoms with Crippen molar-refractivity contribution < 1.29 is 23.9 Å². The fraction of sp³-hybridized carbons (Fsp3) is 0.656. The van der Waals surface area contributed by atoms with Gasteiger partial charge < -0.3 is 14.8 Å². The Bertz CT molecular complexity index is 910. The lowest BCUT2D eigenvalue weighted by Crippen LogP contribution is -2.35. The van der Waals surface area contributed by atoms with Gasteiger partial charge in [0.05, 0.1) is 12.6 Å². The van der Waals surface area contributed by atoms with Crippen LogP contribution in [0.2, 0.25) is 0 Å². The summed E-state index contributed by atoms with van der Waals surface area (Å²) in [5.74, 6) is 2.06. The summed E-state index contributed by atoms with van der Waals surface area (Å²) in [6, 6.07) is 7.83. The van der Waals surface area contributed by atoms with Crippen LogP contribution in [0.15, 0.2) is 24.3 Å². The Morgan fingerprint density at radius 2 is 1.59 bits per heavy atom. The summed E-state index contributed by atoms with van der Waals surface area (Å²) < 4.78 is 10.2. The number of terminal acetylenes is 1. The summed E-state index contributed by atoms with van der Waals surface area (Å²) in [5, 5.41) is 2.86. The van der Waals surface area contributed by atoms with Gasteiger partial charge in [0.15, 0.2) is 0 Å². The minimum Gasteiger partial charge on any atom is -0.428 e. The average molecular weight is 541 g/mol. The van der Waals surface area contributed by atoms with Gasteiger partial charge in [-0.2, -0.15) is 0 Å². The quantitative estimate of drug-likeness (QED) is 0.0847. The van der Waals surface area contributed by atoms with Gasteiger partial charge in [-0.1, -0.05) is 101 Å². The highest BCUT2D eigenvalue weighted by atomic mass is 16.7. The van der Waals surface area contributed by atoms with Gasteiger partial charge in [-0.15, -0.1) is 6.42 Å². The first-order valence-electron chi connectivity index (χ1n) is 14.9. The van der Waals surface area contributed by atoms with Crippen molar-refractivity contribution in [2.24, 2.45) is 0 Å². The van der Waals surface area contributed by atoms with Gasteiger partial charge >= 0.3 is 12.1 Å². The van der Waals surface area contributed by atoms with Crippen molar-refractivity contribution in [3.63, 3.8) is 0 Å². The van der Waals surface area contributed by atoms with Crippen LogP contribution in [-0.4, -0.2) is 42.8 Å². The van der Waals surface area contributed by atoms with Gasteiger partial charge in [-0.3, -0.25) is 14.5 Å². The molecule has 0 aromatic heterocycles. The lowest BCUT2D eigenvalue weighted by molar-refractivity contribution is -0.152. The van der Waals surface area contributed by atoms with Crippen LogP contribution in [0.5, 0.6) is 0 Å². The molecular weight excluding hydrogens is 492 g/mol. The molecule has 2 amide bonds. The van der Waals surface area contributed by atoms with Crippen LogP contribution >= 0.6 is 0 Å². The first-order valence-corrected chi connectivity index (χ1v) is 14.9. The molecule has 1 aromatic rings. The maximum Gasteiger partial charge on any atom is 0.413 e.